The number of hydrogen-bond donors (Lipinski definition) is 2. The molecule has 0 aliphatic heterocycles. The van der Waals surface area contributed by atoms with Crippen LogP contribution in [0.4, 0.5) is 15.8 Å². The van der Waals surface area contributed by atoms with E-state index in [0.717, 1.165) is 11.1 Å². The molecule has 1 heterocycles. The minimum Gasteiger partial charge on any atom is -0.396 e. The summed E-state index contributed by atoms with van der Waals surface area (Å²) in [5.41, 5.74) is 8.52. The molecule has 0 aliphatic rings. The van der Waals surface area contributed by atoms with Gasteiger partial charge in [-0.05, 0) is 34.5 Å². The Morgan fingerprint density at radius 1 is 1.50 bits per heavy atom. The first-order chi connectivity index (χ1) is 7.56. The quantitative estimate of drug-likeness (QED) is 0.846. The lowest BCUT2D eigenvalue weighted by atomic mass is 10.1. The van der Waals surface area contributed by atoms with E-state index in [9.17, 15) is 4.39 Å². The fraction of sp³-hybridized carbons (Fsp3) is 0.182. The average Bonchev–Trinajstić information content (AvgIpc) is 2.25. The maximum Gasteiger partial charge on any atom is 0.138 e. The van der Waals surface area contributed by atoms with Gasteiger partial charge in [-0.15, -0.1) is 0 Å². The monoisotopic (exact) mass is 283 g/mol. The van der Waals surface area contributed by atoms with E-state index in [0.29, 0.717) is 21.2 Å². The number of rotatable bonds is 1. The third-order valence-electron chi connectivity index (χ3n) is 2.50. The van der Waals surface area contributed by atoms with Crippen molar-refractivity contribution < 1.29 is 4.39 Å². The number of nitrogen functional groups attached to an aromatic ring is 1. The summed E-state index contributed by atoms with van der Waals surface area (Å²) in [4.78, 5) is 4.23. The molecule has 3 N–H and O–H groups in total. The summed E-state index contributed by atoms with van der Waals surface area (Å²) < 4.78 is 14.0. The fourth-order valence-electron chi connectivity index (χ4n) is 1.75. The third kappa shape index (κ3) is 1.51. The summed E-state index contributed by atoms with van der Waals surface area (Å²) in [5, 5.41) is 3.65. The minimum absolute atomic E-state index is 0.311. The van der Waals surface area contributed by atoms with Gasteiger partial charge in [-0.1, -0.05) is 0 Å². The van der Waals surface area contributed by atoms with E-state index in [-0.39, 0.29) is 5.82 Å². The maximum absolute atomic E-state index is 13.6. The van der Waals surface area contributed by atoms with E-state index in [1.165, 1.54) is 6.07 Å². The van der Waals surface area contributed by atoms with Gasteiger partial charge in [-0.25, -0.2) is 4.39 Å². The average molecular weight is 284 g/mol. The number of nitrogens with two attached hydrogens (primary N) is 1. The SMILES string of the molecule is CNc1c(N)cnc2c(C)cc(F)c(Br)c12. The molecule has 84 valence electrons. The number of pyridine rings is 1. The molecule has 2 aromatic rings. The van der Waals surface area contributed by atoms with Crippen molar-refractivity contribution in [3.05, 3.63) is 28.1 Å². The first kappa shape index (κ1) is 11.1. The number of benzene rings is 1. The largest absolute Gasteiger partial charge is 0.396 e. The highest BCUT2D eigenvalue weighted by molar-refractivity contribution is 9.10. The van der Waals surface area contributed by atoms with Crippen LogP contribution in [0.15, 0.2) is 16.7 Å². The van der Waals surface area contributed by atoms with E-state index < -0.39 is 0 Å². The molecule has 5 heteroatoms. The van der Waals surface area contributed by atoms with Crippen LogP contribution in [-0.4, -0.2) is 12.0 Å². The molecule has 0 amide bonds. The van der Waals surface area contributed by atoms with E-state index in [1.54, 1.807) is 13.2 Å². The number of anilines is 2. The smallest absolute Gasteiger partial charge is 0.138 e. The molecule has 0 unspecified atom stereocenters. The number of aromatic nitrogens is 1. The second-order valence-electron chi connectivity index (χ2n) is 3.55. The third-order valence-corrected chi connectivity index (χ3v) is 3.28. The highest BCUT2D eigenvalue weighted by Crippen LogP contribution is 2.36. The Balaban J connectivity index is 3.01. The van der Waals surface area contributed by atoms with Gasteiger partial charge in [-0.3, -0.25) is 4.98 Å². The van der Waals surface area contributed by atoms with Gasteiger partial charge in [0.2, 0.25) is 0 Å². The Morgan fingerprint density at radius 3 is 2.81 bits per heavy atom. The topological polar surface area (TPSA) is 50.9 Å². The molecule has 0 radical (unpaired) electrons. The van der Waals surface area contributed by atoms with E-state index >= 15 is 0 Å². The van der Waals surface area contributed by atoms with Crippen LogP contribution in [0.25, 0.3) is 10.9 Å². The molecule has 0 fully saturated rings. The Morgan fingerprint density at radius 2 is 2.19 bits per heavy atom. The molecule has 0 aliphatic carbocycles. The van der Waals surface area contributed by atoms with Gasteiger partial charge in [0.25, 0.3) is 0 Å². The fourth-order valence-corrected chi connectivity index (χ4v) is 2.25. The van der Waals surface area contributed by atoms with Gasteiger partial charge in [0.05, 0.1) is 27.6 Å². The van der Waals surface area contributed by atoms with Crippen molar-refractivity contribution in [3.8, 4) is 0 Å². The highest BCUT2D eigenvalue weighted by atomic mass is 79.9. The molecular weight excluding hydrogens is 273 g/mol. The van der Waals surface area contributed by atoms with Gasteiger partial charge < -0.3 is 11.1 Å². The lowest BCUT2D eigenvalue weighted by Gasteiger charge is -2.12. The predicted octanol–water partition coefficient (Wildman–Crippen LogP) is 3.07. The maximum atomic E-state index is 13.6. The van der Waals surface area contributed by atoms with Crippen molar-refractivity contribution in [2.75, 3.05) is 18.1 Å². The minimum atomic E-state index is -0.311. The Hall–Kier alpha value is -1.36. The Labute approximate surface area is 101 Å². The van der Waals surface area contributed by atoms with Crippen LogP contribution < -0.4 is 11.1 Å². The molecule has 0 saturated carbocycles. The van der Waals surface area contributed by atoms with Gasteiger partial charge >= 0.3 is 0 Å². The molecule has 3 nitrogen and oxygen atoms in total. The predicted molar refractivity (Wildman–Crippen MR) is 68.1 cm³/mol. The Bertz CT molecular complexity index is 569. The summed E-state index contributed by atoms with van der Waals surface area (Å²) in [6.07, 6.45) is 1.57. The lowest BCUT2D eigenvalue weighted by Crippen LogP contribution is -2.00. The number of hydrogen-bond acceptors (Lipinski definition) is 3. The van der Waals surface area contributed by atoms with Gasteiger partial charge in [-0.2, -0.15) is 0 Å². The van der Waals surface area contributed by atoms with Gasteiger partial charge in [0.15, 0.2) is 0 Å². The number of nitrogens with zero attached hydrogens (tertiary/aromatic N) is 1. The highest BCUT2D eigenvalue weighted by Gasteiger charge is 2.14. The molecule has 0 bridgehead atoms. The summed E-state index contributed by atoms with van der Waals surface area (Å²) in [6, 6.07) is 1.45. The van der Waals surface area contributed by atoms with Crippen molar-refractivity contribution in [2.45, 2.75) is 6.92 Å². The zero-order chi connectivity index (χ0) is 11.9. The van der Waals surface area contributed by atoms with Gasteiger partial charge in [0.1, 0.15) is 5.82 Å². The number of aryl methyl sites for hydroxylation is 1. The van der Waals surface area contributed by atoms with Crippen LogP contribution in [0, 0.1) is 12.7 Å². The lowest BCUT2D eigenvalue weighted by molar-refractivity contribution is 0.622. The molecule has 0 saturated heterocycles. The molecule has 0 atom stereocenters. The normalized spacial score (nSPS) is 10.8. The summed E-state index contributed by atoms with van der Waals surface area (Å²) in [5.74, 6) is -0.311. The van der Waals surface area contributed by atoms with Crippen LogP contribution in [0.3, 0.4) is 0 Å². The van der Waals surface area contributed by atoms with Crippen LogP contribution in [0.5, 0.6) is 0 Å². The van der Waals surface area contributed by atoms with Crippen molar-refractivity contribution in [1.82, 2.24) is 4.98 Å². The van der Waals surface area contributed by atoms with Crippen LogP contribution >= 0.6 is 15.9 Å². The Kier molecular flexibility index (Phi) is 2.71. The van der Waals surface area contributed by atoms with Crippen LogP contribution in [0.2, 0.25) is 0 Å². The zero-order valence-corrected chi connectivity index (χ0v) is 10.5. The molecule has 1 aromatic carbocycles. The van der Waals surface area contributed by atoms with Crippen LogP contribution in [-0.2, 0) is 0 Å². The first-order valence-electron chi connectivity index (χ1n) is 4.76. The van der Waals surface area contributed by atoms with Crippen molar-refractivity contribution in [2.24, 2.45) is 0 Å². The number of halogens is 2. The molecule has 0 spiro atoms. The zero-order valence-electron chi connectivity index (χ0n) is 8.94. The molecule has 1 aromatic heterocycles. The summed E-state index contributed by atoms with van der Waals surface area (Å²) >= 11 is 3.23. The molecule has 2 rings (SSSR count). The summed E-state index contributed by atoms with van der Waals surface area (Å²) in [6.45, 7) is 1.82. The number of fused-ring (bicyclic) bond motifs is 1. The standard InChI is InChI=1S/C11H11BrFN3/c1-5-3-6(13)9(12)8-10(5)16-4-7(14)11(8)15-2/h3-4H,14H2,1-2H3,(H,15,16). The van der Waals surface area contributed by atoms with Crippen molar-refractivity contribution >= 4 is 38.2 Å². The number of nitrogens with one attached hydrogen (secondary N) is 1. The van der Waals surface area contributed by atoms with Crippen molar-refractivity contribution in [3.63, 3.8) is 0 Å². The van der Waals surface area contributed by atoms with Crippen molar-refractivity contribution in [1.29, 1.82) is 0 Å². The second-order valence-corrected chi connectivity index (χ2v) is 4.34. The first-order valence-corrected chi connectivity index (χ1v) is 5.56. The van der Waals surface area contributed by atoms with E-state index in [2.05, 4.69) is 26.2 Å². The van der Waals surface area contributed by atoms with E-state index in [1.807, 2.05) is 6.92 Å². The second kappa shape index (κ2) is 3.90. The van der Waals surface area contributed by atoms with Gasteiger partial charge in [0, 0.05) is 12.4 Å². The molecular formula is C11H11BrFN3. The summed E-state index contributed by atoms with van der Waals surface area (Å²) in [7, 11) is 1.75. The van der Waals surface area contributed by atoms with Crippen LogP contribution in [0.1, 0.15) is 5.56 Å². The van der Waals surface area contributed by atoms with E-state index in [4.69, 9.17) is 5.73 Å². The molecule has 16 heavy (non-hydrogen) atoms.